The number of amides is 1. The third kappa shape index (κ3) is 3.95. The first-order valence-electron chi connectivity index (χ1n) is 6.70. The van der Waals surface area contributed by atoms with Crippen LogP contribution in [0.1, 0.15) is 52.9 Å². The zero-order valence-electron chi connectivity index (χ0n) is 12.0. The average Bonchev–Trinajstić information content (AvgIpc) is 2.61. The topological polar surface area (TPSA) is 29.5 Å². The molecule has 3 nitrogen and oxygen atoms in total. The second-order valence-corrected chi connectivity index (χ2v) is 6.52. The molecule has 2 fully saturated rings. The van der Waals surface area contributed by atoms with Gasteiger partial charge >= 0.3 is 6.09 Å². The van der Waals surface area contributed by atoms with Crippen LogP contribution >= 0.6 is 0 Å². The van der Waals surface area contributed by atoms with Crippen LogP contribution in [0.2, 0.25) is 0 Å². The van der Waals surface area contributed by atoms with Crippen LogP contribution < -0.4 is 0 Å². The van der Waals surface area contributed by atoms with Crippen molar-refractivity contribution in [3.8, 4) is 0 Å². The minimum atomic E-state index is -0.382. The van der Waals surface area contributed by atoms with E-state index in [1.54, 1.807) is 0 Å². The van der Waals surface area contributed by atoms with Crippen molar-refractivity contribution in [3.05, 3.63) is 6.42 Å². The molecule has 2 aliphatic rings. The molecule has 1 saturated heterocycles. The van der Waals surface area contributed by atoms with Gasteiger partial charge in [0.1, 0.15) is 5.60 Å². The fourth-order valence-electron chi connectivity index (χ4n) is 2.91. The third-order valence-electron chi connectivity index (χ3n) is 3.85. The summed E-state index contributed by atoms with van der Waals surface area (Å²) in [5.74, 6) is 0. The molecule has 0 N–H and O–H groups in total. The van der Waals surface area contributed by atoms with Crippen molar-refractivity contribution < 1.29 is 29.0 Å². The molecule has 0 atom stereocenters. The molecule has 1 spiro atoms. The Labute approximate surface area is 123 Å². The molecule has 2 rings (SSSR count). The first-order valence-corrected chi connectivity index (χ1v) is 6.70. The molecule has 1 saturated carbocycles. The summed E-state index contributed by atoms with van der Waals surface area (Å²) in [4.78, 5) is 13.9. The quantitative estimate of drug-likeness (QED) is 0.507. The van der Waals surface area contributed by atoms with Crippen LogP contribution in [-0.2, 0) is 24.2 Å². The third-order valence-corrected chi connectivity index (χ3v) is 3.85. The van der Waals surface area contributed by atoms with Gasteiger partial charge in [-0.2, -0.15) is 12.8 Å². The van der Waals surface area contributed by atoms with Crippen LogP contribution in [0, 0.1) is 11.8 Å². The first kappa shape index (κ1) is 15.9. The summed E-state index contributed by atoms with van der Waals surface area (Å²) < 4.78 is 5.43. The summed E-state index contributed by atoms with van der Waals surface area (Å²) >= 11 is 0. The number of ether oxygens (including phenoxy) is 1. The molecule has 1 amide bonds. The van der Waals surface area contributed by atoms with Gasteiger partial charge in [0, 0.05) is 32.6 Å². The first-order chi connectivity index (χ1) is 7.90. The maximum absolute atomic E-state index is 12.0. The van der Waals surface area contributed by atoms with E-state index in [9.17, 15) is 4.79 Å². The fraction of sp³-hybridized carbons (Fsp3) is 0.857. The Morgan fingerprint density at radius 1 is 1.22 bits per heavy atom. The second kappa shape index (κ2) is 5.90. The van der Waals surface area contributed by atoms with Crippen LogP contribution in [0.25, 0.3) is 0 Å². The van der Waals surface area contributed by atoms with E-state index < -0.39 is 0 Å². The number of rotatable bonds is 0. The molecule has 18 heavy (non-hydrogen) atoms. The Kier molecular flexibility index (Phi) is 5.23. The minimum Gasteiger partial charge on any atom is -0.444 e. The van der Waals surface area contributed by atoms with E-state index in [4.69, 9.17) is 4.74 Å². The minimum absolute atomic E-state index is 0. The number of hydrogen-bond donors (Lipinski definition) is 0. The van der Waals surface area contributed by atoms with Crippen molar-refractivity contribution in [2.45, 2.75) is 58.5 Å². The number of likely N-dealkylation sites (tertiary alicyclic amines) is 1. The van der Waals surface area contributed by atoms with Crippen LogP contribution in [0.4, 0.5) is 4.79 Å². The van der Waals surface area contributed by atoms with Gasteiger partial charge in [-0.3, -0.25) is 0 Å². The van der Waals surface area contributed by atoms with Crippen LogP contribution in [0.15, 0.2) is 0 Å². The molecule has 1 heterocycles. The molecular weight excluding hydrogens is 280 g/mol. The van der Waals surface area contributed by atoms with Crippen molar-refractivity contribution in [2.24, 2.45) is 5.41 Å². The van der Waals surface area contributed by atoms with Crippen molar-refractivity contribution in [2.75, 3.05) is 13.1 Å². The van der Waals surface area contributed by atoms with E-state index in [0.29, 0.717) is 5.41 Å². The van der Waals surface area contributed by atoms with E-state index in [1.165, 1.54) is 25.7 Å². The van der Waals surface area contributed by atoms with Crippen molar-refractivity contribution in [3.63, 3.8) is 0 Å². The fourth-order valence-corrected chi connectivity index (χ4v) is 2.91. The van der Waals surface area contributed by atoms with Gasteiger partial charge < -0.3 is 16.1 Å². The Bertz CT molecular complexity index is 293. The summed E-state index contributed by atoms with van der Waals surface area (Å²) in [6.07, 6.45) is 8.30. The monoisotopic (exact) mass is 302 g/mol. The SMILES string of the molecule is CC(C)(C)OC(=O)N1CCC2(CC[CH-]CC2)C1.[Zn]. The summed E-state index contributed by atoms with van der Waals surface area (Å²) in [6.45, 7) is 7.54. The Morgan fingerprint density at radius 3 is 2.39 bits per heavy atom. The van der Waals surface area contributed by atoms with Gasteiger partial charge in [-0.05, 0) is 32.6 Å². The Balaban J connectivity index is 0.00000162. The average molecular weight is 304 g/mol. The molecule has 0 bridgehead atoms. The summed E-state index contributed by atoms with van der Waals surface area (Å²) in [6, 6.07) is 0. The molecule has 1 aliphatic heterocycles. The van der Waals surface area contributed by atoms with Gasteiger partial charge in [-0.15, -0.1) is 0 Å². The molecule has 0 radical (unpaired) electrons. The van der Waals surface area contributed by atoms with Crippen molar-refractivity contribution in [1.29, 1.82) is 0 Å². The van der Waals surface area contributed by atoms with Gasteiger partial charge in [0.15, 0.2) is 0 Å². The van der Waals surface area contributed by atoms with Crippen molar-refractivity contribution >= 4 is 6.09 Å². The van der Waals surface area contributed by atoms with E-state index >= 15 is 0 Å². The van der Waals surface area contributed by atoms with Gasteiger partial charge in [0.05, 0.1) is 0 Å². The van der Waals surface area contributed by atoms with E-state index in [0.717, 1.165) is 19.5 Å². The molecule has 100 valence electrons. The summed E-state index contributed by atoms with van der Waals surface area (Å²) in [7, 11) is 0. The van der Waals surface area contributed by atoms with Crippen molar-refractivity contribution in [1.82, 2.24) is 4.90 Å². The number of carbonyl (C=O) groups is 1. The maximum atomic E-state index is 12.0. The molecule has 0 aromatic heterocycles. The molecule has 0 aromatic rings. The normalized spacial score (nSPS) is 22.7. The number of nitrogens with zero attached hydrogens (tertiary/aromatic N) is 1. The van der Waals surface area contributed by atoms with Crippen LogP contribution in [0.3, 0.4) is 0 Å². The largest absolute Gasteiger partial charge is 0.444 e. The van der Waals surface area contributed by atoms with Crippen LogP contribution in [-0.4, -0.2) is 29.7 Å². The van der Waals surface area contributed by atoms with E-state index in [2.05, 4.69) is 6.42 Å². The van der Waals surface area contributed by atoms with Gasteiger partial charge in [0.25, 0.3) is 0 Å². The summed E-state index contributed by atoms with van der Waals surface area (Å²) in [5.41, 5.74) is 0.0127. The molecular formula is C14H24NO2Zn-. The Morgan fingerprint density at radius 2 is 1.83 bits per heavy atom. The molecule has 1 aliphatic carbocycles. The molecule has 0 unspecified atom stereocenters. The maximum Gasteiger partial charge on any atom is 0.410 e. The standard InChI is InChI=1S/C14H24NO2.Zn/c1-13(2,3)17-12(16)15-10-9-14(11-15)7-5-4-6-8-14;/h4H,5-11H2,1-3H3;/q-1;. The Hall–Kier alpha value is -0.107. The van der Waals surface area contributed by atoms with E-state index in [-0.39, 0.29) is 31.2 Å². The predicted octanol–water partition coefficient (Wildman–Crippen LogP) is 3.39. The number of carbonyl (C=O) groups excluding carboxylic acids is 1. The molecule has 4 heteroatoms. The van der Waals surface area contributed by atoms with Gasteiger partial charge in [-0.1, -0.05) is 12.8 Å². The second-order valence-electron chi connectivity index (χ2n) is 6.52. The van der Waals surface area contributed by atoms with Gasteiger partial charge in [-0.25, -0.2) is 4.79 Å². The van der Waals surface area contributed by atoms with Gasteiger partial charge in [0.2, 0.25) is 0 Å². The zero-order chi connectivity index (χ0) is 12.5. The molecule has 0 aromatic carbocycles. The van der Waals surface area contributed by atoms with E-state index in [1.807, 2.05) is 25.7 Å². The van der Waals surface area contributed by atoms with Crippen LogP contribution in [0.5, 0.6) is 0 Å². The zero-order valence-corrected chi connectivity index (χ0v) is 15.0. The predicted molar refractivity (Wildman–Crippen MR) is 67.6 cm³/mol. The summed E-state index contributed by atoms with van der Waals surface area (Å²) in [5, 5.41) is 0. The number of hydrogen-bond acceptors (Lipinski definition) is 2. The smallest absolute Gasteiger partial charge is 0.410 e.